The molecular formula is C17H23NO4. The second kappa shape index (κ2) is 7.82. The first kappa shape index (κ1) is 16.3. The minimum Gasteiger partial charge on any atom is -0.491 e. The zero-order chi connectivity index (χ0) is 15.9. The predicted molar refractivity (Wildman–Crippen MR) is 84.4 cm³/mol. The predicted octanol–water partition coefficient (Wildman–Crippen LogP) is 3.69. The molecule has 5 nitrogen and oxygen atoms in total. The molecule has 0 bridgehead atoms. The Balaban J connectivity index is 2.16. The average molecular weight is 305 g/mol. The van der Waals surface area contributed by atoms with Crippen molar-refractivity contribution in [1.82, 2.24) is 0 Å². The van der Waals surface area contributed by atoms with Crippen LogP contribution in [0.4, 0.5) is 5.69 Å². The Morgan fingerprint density at radius 3 is 2.64 bits per heavy atom. The van der Waals surface area contributed by atoms with Crippen LogP contribution in [0.3, 0.4) is 0 Å². The maximum Gasteiger partial charge on any atom is 0.335 e. The Morgan fingerprint density at radius 1 is 1.27 bits per heavy atom. The summed E-state index contributed by atoms with van der Waals surface area (Å²) in [6.45, 7) is 2.52. The van der Waals surface area contributed by atoms with Gasteiger partial charge in [0.1, 0.15) is 5.75 Å². The summed E-state index contributed by atoms with van der Waals surface area (Å²) in [7, 11) is 0. The van der Waals surface area contributed by atoms with E-state index < -0.39 is 5.97 Å². The van der Waals surface area contributed by atoms with Gasteiger partial charge >= 0.3 is 5.97 Å². The van der Waals surface area contributed by atoms with Gasteiger partial charge in [-0.15, -0.1) is 0 Å². The maximum atomic E-state index is 12.4. The maximum absolute atomic E-state index is 12.4. The van der Waals surface area contributed by atoms with Gasteiger partial charge in [-0.1, -0.05) is 26.2 Å². The molecule has 0 unspecified atom stereocenters. The fraction of sp³-hybridized carbons (Fsp3) is 0.529. The van der Waals surface area contributed by atoms with Crippen molar-refractivity contribution in [3.05, 3.63) is 23.8 Å². The second-order valence-electron chi connectivity index (χ2n) is 5.69. The number of amides is 1. The number of aromatic carboxylic acids is 1. The van der Waals surface area contributed by atoms with E-state index in [-0.39, 0.29) is 17.4 Å². The molecular weight excluding hydrogens is 282 g/mol. The molecule has 0 saturated heterocycles. The smallest absolute Gasteiger partial charge is 0.335 e. The molecule has 1 aromatic carbocycles. The van der Waals surface area contributed by atoms with Crippen molar-refractivity contribution < 1.29 is 19.4 Å². The Hall–Kier alpha value is -2.04. The fourth-order valence-corrected chi connectivity index (χ4v) is 2.70. The summed E-state index contributed by atoms with van der Waals surface area (Å²) in [6.07, 6.45) is 5.98. The van der Waals surface area contributed by atoms with E-state index in [2.05, 4.69) is 5.32 Å². The summed E-state index contributed by atoms with van der Waals surface area (Å²) < 4.78 is 5.60. The first-order chi connectivity index (χ1) is 10.6. The highest BCUT2D eigenvalue weighted by Gasteiger charge is 2.22. The van der Waals surface area contributed by atoms with E-state index in [9.17, 15) is 9.59 Å². The van der Waals surface area contributed by atoms with Gasteiger partial charge in [0.15, 0.2) is 0 Å². The van der Waals surface area contributed by atoms with Gasteiger partial charge < -0.3 is 15.2 Å². The van der Waals surface area contributed by atoms with Gasteiger partial charge in [-0.3, -0.25) is 4.79 Å². The summed E-state index contributed by atoms with van der Waals surface area (Å²) >= 11 is 0. The third-order valence-electron chi connectivity index (χ3n) is 3.92. The summed E-state index contributed by atoms with van der Waals surface area (Å²) in [5, 5.41) is 12.0. The zero-order valence-electron chi connectivity index (χ0n) is 12.9. The molecule has 0 atom stereocenters. The first-order valence-corrected chi connectivity index (χ1v) is 7.92. The lowest BCUT2D eigenvalue weighted by Crippen LogP contribution is -2.25. The van der Waals surface area contributed by atoms with Gasteiger partial charge in [0, 0.05) is 5.92 Å². The number of carboxylic acids is 1. The van der Waals surface area contributed by atoms with Gasteiger partial charge in [-0.25, -0.2) is 4.79 Å². The zero-order valence-corrected chi connectivity index (χ0v) is 12.9. The molecule has 0 heterocycles. The van der Waals surface area contributed by atoms with Gasteiger partial charge in [0.2, 0.25) is 5.91 Å². The Bertz CT molecular complexity index is 535. The topological polar surface area (TPSA) is 75.6 Å². The molecule has 1 fully saturated rings. The van der Waals surface area contributed by atoms with Crippen LogP contribution in [0, 0.1) is 5.92 Å². The number of hydrogen-bond donors (Lipinski definition) is 2. The van der Waals surface area contributed by atoms with Gasteiger partial charge in [-0.05, 0) is 37.5 Å². The SMILES string of the molecule is CCCOc1ccc(C(=O)O)cc1NC(=O)C1CCCCC1. The lowest BCUT2D eigenvalue weighted by molar-refractivity contribution is -0.120. The average Bonchev–Trinajstić information content (AvgIpc) is 2.54. The number of carbonyl (C=O) groups is 2. The number of anilines is 1. The lowest BCUT2D eigenvalue weighted by Gasteiger charge is -2.21. The monoisotopic (exact) mass is 305 g/mol. The molecule has 22 heavy (non-hydrogen) atoms. The van der Waals surface area contributed by atoms with E-state index in [4.69, 9.17) is 9.84 Å². The van der Waals surface area contributed by atoms with Gasteiger partial charge in [0.25, 0.3) is 0 Å². The molecule has 2 N–H and O–H groups in total. The van der Waals surface area contributed by atoms with E-state index in [1.807, 2.05) is 6.92 Å². The molecule has 0 radical (unpaired) electrons. The van der Waals surface area contributed by atoms with Crippen molar-refractivity contribution in [2.75, 3.05) is 11.9 Å². The van der Waals surface area contributed by atoms with Crippen molar-refractivity contribution in [1.29, 1.82) is 0 Å². The molecule has 0 aliphatic heterocycles. The van der Waals surface area contributed by atoms with Crippen LogP contribution in [0.1, 0.15) is 55.8 Å². The molecule has 0 aromatic heterocycles. The highest BCUT2D eigenvalue weighted by molar-refractivity contribution is 5.96. The summed E-state index contributed by atoms with van der Waals surface area (Å²) in [6, 6.07) is 4.56. The molecule has 1 saturated carbocycles. The Labute approximate surface area is 130 Å². The van der Waals surface area contributed by atoms with E-state index in [1.54, 1.807) is 6.07 Å². The number of carbonyl (C=O) groups excluding carboxylic acids is 1. The summed E-state index contributed by atoms with van der Waals surface area (Å²) in [4.78, 5) is 23.5. The molecule has 1 amide bonds. The molecule has 0 spiro atoms. The molecule has 120 valence electrons. The highest BCUT2D eigenvalue weighted by atomic mass is 16.5. The van der Waals surface area contributed by atoms with Crippen molar-refractivity contribution in [2.45, 2.75) is 45.4 Å². The first-order valence-electron chi connectivity index (χ1n) is 7.92. The molecule has 2 rings (SSSR count). The van der Waals surface area contributed by atoms with E-state index in [0.717, 1.165) is 32.1 Å². The molecule has 1 aliphatic carbocycles. The number of ether oxygens (including phenoxy) is 1. The minimum absolute atomic E-state index is 0.0151. The Kier molecular flexibility index (Phi) is 5.81. The normalized spacial score (nSPS) is 15.3. The third-order valence-corrected chi connectivity index (χ3v) is 3.92. The standard InChI is InChI=1S/C17H23NO4/c1-2-10-22-15-9-8-13(17(20)21)11-14(15)18-16(19)12-6-4-3-5-7-12/h8-9,11-12H,2-7,10H2,1H3,(H,18,19)(H,20,21). The van der Waals surface area contributed by atoms with Crippen LogP contribution >= 0.6 is 0 Å². The second-order valence-corrected chi connectivity index (χ2v) is 5.69. The number of hydrogen-bond acceptors (Lipinski definition) is 3. The van der Waals surface area contributed by atoms with Gasteiger partial charge in [-0.2, -0.15) is 0 Å². The van der Waals surface area contributed by atoms with Crippen LogP contribution < -0.4 is 10.1 Å². The van der Waals surface area contributed by atoms with Crippen LogP contribution in [0.25, 0.3) is 0 Å². The van der Waals surface area contributed by atoms with Crippen molar-refractivity contribution in [2.24, 2.45) is 5.92 Å². The number of rotatable bonds is 6. The number of nitrogens with one attached hydrogen (secondary N) is 1. The van der Waals surface area contributed by atoms with Gasteiger partial charge in [0.05, 0.1) is 17.9 Å². The Morgan fingerprint density at radius 2 is 2.00 bits per heavy atom. The number of carboxylic acid groups (broad SMARTS) is 1. The molecule has 5 heteroatoms. The summed E-state index contributed by atoms with van der Waals surface area (Å²) in [5.41, 5.74) is 0.590. The van der Waals surface area contributed by atoms with Crippen LogP contribution in [0.2, 0.25) is 0 Å². The van der Waals surface area contributed by atoms with Crippen LogP contribution in [-0.2, 0) is 4.79 Å². The molecule has 1 aromatic rings. The largest absolute Gasteiger partial charge is 0.491 e. The van der Waals surface area contributed by atoms with E-state index in [0.29, 0.717) is 18.0 Å². The van der Waals surface area contributed by atoms with Crippen molar-refractivity contribution in [3.8, 4) is 5.75 Å². The van der Waals surface area contributed by atoms with Crippen molar-refractivity contribution >= 4 is 17.6 Å². The van der Waals surface area contributed by atoms with Crippen molar-refractivity contribution in [3.63, 3.8) is 0 Å². The minimum atomic E-state index is -1.02. The van der Waals surface area contributed by atoms with E-state index in [1.165, 1.54) is 18.6 Å². The summed E-state index contributed by atoms with van der Waals surface area (Å²) in [5.74, 6) is -0.518. The van der Waals surface area contributed by atoms with Crippen LogP contribution in [0.5, 0.6) is 5.75 Å². The lowest BCUT2D eigenvalue weighted by atomic mass is 9.88. The highest BCUT2D eigenvalue weighted by Crippen LogP contribution is 2.29. The quantitative estimate of drug-likeness (QED) is 0.840. The fourth-order valence-electron chi connectivity index (χ4n) is 2.70. The van der Waals surface area contributed by atoms with E-state index >= 15 is 0 Å². The third kappa shape index (κ3) is 4.23. The van der Waals surface area contributed by atoms with Crippen LogP contribution in [0.15, 0.2) is 18.2 Å². The van der Waals surface area contributed by atoms with Crippen LogP contribution in [-0.4, -0.2) is 23.6 Å². The number of benzene rings is 1. The molecule has 1 aliphatic rings.